The smallest absolute Gasteiger partial charge is 0.149 e. The van der Waals surface area contributed by atoms with Crippen molar-refractivity contribution in [3.63, 3.8) is 0 Å². The van der Waals surface area contributed by atoms with Gasteiger partial charge in [-0.2, -0.15) is 0 Å². The number of fused-ring (bicyclic) bond motifs is 1. The predicted octanol–water partition coefficient (Wildman–Crippen LogP) is 2.07. The van der Waals surface area contributed by atoms with Gasteiger partial charge in [-0.15, -0.1) is 0 Å². The van der Waals surface area contributed by atoms with E-state index < -0.39 is 5.41 Å². The molecule has 5 aliphatic rings. The highest BCUT2D eigenvalue weighted by atomic mass is 16.2. The number of carbonyl (C=O) groups is 2. The van der Waals surface area contributed by atoms with E-state index in [9.17, 15) is 9.59 Å². The number of hydrogen-bond acceptors (Lipinski definition) is 2. The van der Waals surface area contributed by atoms with Crippen molar-refractivity contribution in [2.24, 2.45) is 40.9 Å². The second-order valence-corrected chi connectivity index (χ2v) is 6.87. The average Bonchev–Trinajstić information content (AvgIpc) is 3.03. The van der Waals surface area contributed by atoms with E-state index in [1.54, 1.807) is 0 Å². The minimum atomic E-state index is -0.674. The van der Waals surface area contributed by atoms with Crippen molar-refractivity contribution in [1.29, 1.82) is 0 Å². The van der Waals surface area contributed by atoms with Crippen LogP contribution in [0, 0.1) is 40.9 Å². The van der Waals surface area contributed by atoms with Crippen LogP contribution >= 0.6 is 0 Å². The summed E-state index contributed by atoms with van der Waals surface area (Å²) in [7, 11) is 0. The van der Waals surface area contributed by atoms with E-state index in [0.717, 1.165) is 11.8 Å². The molecule has 0 aliphatic heterocycles. The molecule has 16 heavy (non-hydrogen) atoms. The lowest BCUT2D eigenvalue weighted by molar-refractivity contribution is -0.134. The van der Waals surface area contributed by atoms with Crippen molar-refractivity contribution < 1.29 is 9.59 Å². The molecule has 0 aromatic rings. The van der Waals surface area contributed by atoms with Crippen LogP contribution in [0.2, 0.25) is 0 Å². The van der Waals surface area contributed by atoms with Gasteiger partial charge in [0.2, 0.25) is 0 Å². The summed E-state index contributed by atoms with van der Waals surface area (Å²) < 4.78 is 0. The molecule has 0 spiro atoms. The number of rotatable bonds is 0. The van der Waals surface area contributed by atoms with Crippen molar-refractivity contribution >= 4 is 11.6 Å². The maximum absolute atomic E-state index is 12.4. The lowest BCUT2D eigenvalue weighted by atomic mass is 9.59. The lowest BCUT2D eigenvalue weighted by Crippen LogP contribution is -2.43. The fraction of sp³-hybridized carbons (Fsp3) is 0.857. The Balaban J connectivity index is 1.84. The van der Waals surface area contributed by atoms with Crippen molar-refractivity contribution in [1.82, 2.24) is 0 Å². The molecule has 5 fully saturated rings. The third-order valence-corrected chi connectivity index (χ3v) is 5.97. The number of hydrogen-bond donors (Lipinski definition) is 0. The van der Waals surface area contributed by atoms with Crippen LogP contribution < -0.4 is 0 Å². The monoisotopic (exact) mass is 218 g/mol. The Bertz CT molecular complexity index is 373. The van der Waals surface area contributed by atoms with Crippen molar-refractivity contribution in [2.45, 2.75) is 33.1 Å². The molecule has 0 radical (unpaired) electrons. The minimum absolute atomic E-state index is 0.116. The van der Waals surface area contributed by atoms with Gasteiger partial charge >= 0.3 is 0 Å². The Morgan fingerprint density at radius 2 is 1.31 bits per heavy atom. The Labute approximate surface area is 95.8 Å². The zero-order valence-corrected chi connectivity index (χ0v) is 9.90. The standard InChI is InChI=1S/C14H18O2/c1-14(2)12(15)10-6-3-4-7(9-5-8(6)9)11(10)13(14)16/h6-11H,3-5H2,1-2H3/t6-,7-,8-,9+,10+,11+/m0/s1. The van der Waals surface area contributed by atoms with Gasteiger partial charge in [-0.05, 0) is 56.8 Å². The Hall–Kier alpha value is -0.660. The van der Waals surface area contributed by atoms with Gasteiger partial charge in [0.05, 0.1) is 5.41 Å². The third-order valence-electron chi connectivity index (χ3n) is 5.97. The van der Waals surface area contributed by atoms with E-state index in [0.29, 0.717) is 11.8 Å². The quantitative estimate of drug-likeness (QED) is 0.583. The fourth-order valence-electron chi connectivity index (χ4n) is 5.13. The molecular weight excluding hydrogens is 200 g/mol. The van der Waals surface area contributed by atoms with Crippen LogP contribution in [-0.4, -0.2) is 11.6 Å². The summed E-state index contributed by atoms with van der Waals surface area (Å²) in [5.41, 5.74) is -0.674. The summed E-state index contributed by atoms with van der Waals surface area (Å²) in [4.78, 5) is 24.8. The highest BCUT2D eigenvalue weighted by molar-refractivity contribution is 6.15. The van der Waals surface area contributed by atoms with E-state index >= 15 is 0 Å². The van der Waals surface area contributed by atoms with Crippen molar-refractivity contribution in [3.8, 4) is 0 Å². The van der Waals surface area contributed by atoms with Gasteiger partial charge in [-0.3, -0.25) is 9.59 Å². The molecule has 0 aromatic carbocycles. The van der Waals surface area contributed by atoms with Gasteiger partial charge < -0.3 is 0 Å². The predicted molar refractivity (Wildman–Crippen MR) is 58.6 cm³/mol. The van der Waals surface area contributed by atoms with Gasteiger partial charge in [0, 0.05) is 11.8 Å². The average molecular weight is 218 g/mol. The van der Waals surface area contributed by atoms with Crippen LogP contribution in [0.3, 0.4) is 0 Å². The van der Waals surface area contributed by atoms with Gasteiger partial charge in [-0.1, -0.05) is 0 Å². The largest absolute Gasteiger partial charge is 0.298 e. The molecule has 0 N–H and O–H groups in total. The van der Waals surface area contributed by atoms with E-state index in [1.807, 2.05) is 13.8 Å². The first-order valence-electron chi connectivity index (χ1n) is 6.62. The van der Waals surface area contributed by atoms with Gasteiger partial charge in [-0.25, -0.2) is 0 Å². The van der Waals surface area contributed by atoms with Crippen LogP contribution in [0.1, 0.15) is 33.1 Å². The third kappa shape index (κ3) is 0.802. The zero-order valence-electron chi connectivity index (χ0n) is 9.90. The topological polar surface area (TPSA) is 34.1 Å². The Kier molecular flexibility index (Phi) is 1.43. The van der Waals surface area contributed by atoms with Gasteiger partial charge in [0.25, 0.3) is 0 Å². The first-order chi connectivity index (χ1) is 7.53. The molecule has 5 aliphatic carbocycles. The van der Waals surface area contributed by atoms with E-state index in [4.69, 9.17) is 0 Å². The SMILES string of the molecule is CC1(C)C(=O)[C@@H]2[C@H]3CC[C@@H]([C@H]4C[C@H]43)[C@H]2C1=O. The minimum Gasteiger partial charge on any atom is -0.298 e. The Morgan fingerprint density at radius 1 is 0.875 bits per heavy atom. The number of carbonyl (C=O) groups excluding carboxylic acids is 2. The van der Waals surface area contributed by atoms with Gasteiger partial charge in [0.15, 0.2) is 0 Å². The molecule has 0 saturated heterocycles. The molecule has 6 atom stereocenters. The van der Waals surface area contributed by atoms with Crippen LogP contribution in [0.4, 0.5) is 0 Å². The molecule has 0 amide bonds. The van der Waals surface area contributed by atoms with Crippen LogP contribution in [0.15, 0.2) is 0 Å². The summed E-state index contributed by atoms with van der Waals surface area (Å²) in [6, 6.07) is 0. The molecule has 2 heteroatoms. The molecule has 5 rings (SSSR count). The van der Waals surface area contributed by atoms with E-state index in [-0.39, 0.29) is 23.4 Å². The molecular formula is C14H18O2. The summed E-state index contributed by atoms with van der Waals surface area (Å²) in [6.45, 7) is 3.70. The molecule has 0 unspecified atom stereocenters. The first-order valence-corrected chi connectivity index (χ1v) is 6.62. The summed E-state index contributed by atoms with van der Waals surface area (Å²) in [5.74, 6) is 3.52. The second-order valence-electron chi connectivity index (χ2n) is 6.87. The highest BCUT2D eigenvalue weighted by Crippen LogP contribution is 2.69. The lowest BCUT2D eigenvalue weighted by Gasteiger charge is -2.43. The summed E-state index contributed by atoms with van der Waals surface area (Å²) in [5, 5.41) is 0. The maximum atomic E-state index is 12.4. The molecule has 0 aromatic heterocycles. The molecule has 86 valence electrons. The molecule has 2 bridgehead atoms. The highest BCUT2D eigenvalue weighted by Gasteiger charge is 2.70. The molecule has 0 heterocycles. The zero-order chi connectivity index (χ0) is 11.2. The molecule has 2 nitrogen and oxygen atoms in total. The Morgan fingerprint density at radius 3 is 1.75 bits per heavy atom. The van der Waals surface area contributed by atoms with Crippen LogP contribution in [0.25, 0.3) is 0 Å². The summed E-state index contributed by atoms with van der Waals surface area (Å²) in [6.07, 6.45) is 3.73. The maximum Gasteiger partial charge on any atom is 0.149 e. The normalized spacial score (nSPS) is 56.1. The van der Waals surface area contributed by atoms with Crippen LogP contribution in [0.5, 0.6) is 0 Å². The number of ketones is 2. The fourth-order valence-corrected chi connectivity index (χ4v) is 5.13. The van der Waals surface area contributed by atoms with Crippen molar-refractivity contribution in [2.75, 3.05) is 0 Å². The van der Waals surface area contributed by atoms with Crippen molar-refractivity contribution in [3.05, 3.63) is 0 Å². The van der Waals surface area contributed by atoms with Gasteiger partial charge in [0.1, 0.15) is 11.6 Å². The molecule has 5 saturated carbocycles. The second kappa shape index (κ2) is 2.44. The summed E-state index contributed by atoms with van der Waals surface area (Å²) >= 11 is 0. The van der Waals surface area contributed by atoms with E-state index in [2.05, 4.69) is 0 Å². The van der Waals surface area contributed by atoms with E-state index in [1.165, 1.54) is 19.3 Å². The van der Waals surface area contributed by atoms with Crippen LogP contribution in [-0.2, 0) is 9.59 Å². The number of Topliss-reactive ketones (excluding diaryl/α,β-unsaturated/α-hetero) is 2. The first kappa shape index (κ1) is 9.38.